The third kappa shape index (κ3) is 4.48. The molecule has 0 aliphatic carbocycles. The molecule has 1 saturated heterocycles. The summed E-state index contributed by atoms with van der Waals surface area (Å²) in [7, 11) is 0. The van der Waals surface area contributed by atoms with Crippen molar-refractivity contribution < 1.29 is 4.79 Å². The third-order valence-electron chi connectivity index (χ3n) is 5.21. The summed E-state index contributed by atoms with van der Waals surface area (Å²) in [6.07, 6.45) is 0.424. The highest BCUT2D eigenvalue weighted by molar-refractivity contribution is 5.79. The van der Waals surface area contributed by atoms with Crippen LogP contribution in [0.2, 0.25) is 0 Å². The molecule has 1 atom stereocenters. The molecule has 3 rings (SSSR count). The molecular weight excluding hydrogens is 350 g/mol. The zero-order chi connectivity index (χ0) is 20.3. The van der Waals surface area contributed by atoms with Crippen LogP contribution in [0.25, 0.3) is 0 Å². The van der Waals surface area contributed by atoms with Gasteiger partial charge < -0.3 is 9.80 Å². The van der Waals surface area contributed by atoms with Gasteiger partial charge in [-0.25, -0.2) is 0 Å². The molecule has 0 saturated carbocycles. The predicted octanol–water partition coefficient (Wildman–Crippen LogP) is 2.93. The second-order valence-electron chi connectivity index (χ2n) is 8.39. The number of hydrogen-bond acceptors (Lipinski definition) is 5. The molecule has 2 heterocycles. The topological polar surface area (TPSA) is 73.1 Å². The molecule has 0 N–H and O–H groups in total. The Balaban J connectivity index is 1.60. The number of hydrogen-bond donors (Lipinski definition) is 0. The van der Waals surface area contributed by atoms with Crippen LogP contribution >= 0.6 is 0 Å². The van der Waals surface area contributed by atoms with Crippen molar-refractivity contribution in [2.45, 2.75) is 45.6 Å². The SMILES string of the molecule is CC1CN(C(=O)Cc2ccc(C(C)(C)C)cc2)CCN1c1ccc(C#N)nn1. The van der Waals surface area contributed by atoms with E-state index in [4.69, 9.17) is 5.26 Å². The average Bonchev–Trinajstić information content (AvgIpc) is 2.68. The highest BCUT2D eigenvalue weighted by Gasteiger charge is 2.27. The van der Waals surface area contributed by atoms with Gasteiger partial charge in [-0.1, -0.05) is 45.0 Å². The van der Waals surface area contributed by atoms with Gasteiger partial charge in [0.05, 0.1) is 6.42 Å². The summed E-state index contributed by atoms with van der Waals surface area (Å²) in [4.78, 5) is 16.8. The maximum Gasteiger partial charge on any atom is 0.227 e. The molecule has 6 nitrogen and oxygen atoms in total. The molecule has 146 valence electrons. The molecular formula is C22H27N5O. The van der Waals surface area contributed by atoms with Crippen LogP contribution in [0.1, 0.15) is 44.5 Å². The molecule has 28 heavy (non-hydrogen) atoms. The maximum absolute atomic E-state index is 12.8. The lowest BCUT2D eigenvalue weighted by molar-refractivity contribution is -0.131. The largest absolute Gasteiger partial charge is 0.349 e. The number of piperazine rings is 1. The van der Waals surface area contributed by atoms with Crippen LogP contribution in [-0.2, 0) is 16.6 Å². The van der Waals surface area contributed by atoms with Crippen LogP contribution in [0.3, 0.4) is 0 Å². The van der Waals surface area contributed by atoms with Crippen LogP contribution in [-0.4, -0.2) is 46.7 Å². The van der Waals surface area contributed by atoms with Crippen molar-refractivity contribution in [3.63, 3.8) is 0 Å². The lowest BCUT2D eigenvalue weighted by Crippen LogP contribution is -2.54. The van der Waals surface area contributed by atoms with E-state index < -0.39 is 0 Å². The highest BCUT2D eigenvalue weighted by atomic mass is 16.2. The minimum atomic E-state index is 0.114. The normalized spacial score (nSPS) is 17.3. The average molecular weight is 377 g/mol. The Kier molecular flexibility index (Phi) is 5.64. The molecule has 2 aromatic rings. The van der Waals surface area contributed by atoms with Crippen molar-refractivity contribution >= 4 is 11.7 Å². The van der Waals surface area contributed by atoms with E-state index in [1.165, 1.54) is 5.56 Å². The summed E-state index contributed by atoms with van der Waals surface area (Å²) in [5.74, 6) is 0.900. The van der Waals surface area contributed by atoms with E-state index in [1.54, 1.807) is 6.07 Å². The van der Waals surface area contributed by atoms with Crippen LogP contribution in [0.5, 0.6) is 0 Å². The molecule has 1 unspecified atom stereocenters. The number of carbonyl (C=O) groups is 1. The second kappa shape index (κ2) is 7.97. The van der Waals surface area contributed by atoms with Crippen molar-refractivity contribution in [2.75, 3.05) is 24.5 Å². The summed E-state index contributed by atoms with van der Waals surface area (Å²) in [5.41, 5.74) is 2.74. The van der Waals surface area contributed by atoms with E-state index in [0.29, 0.717) is 31.7 Å². The van der Waals surface area contributed by atoms with E-state index in [2.05, 4.69) is 67.1 Å². The standard InChI is InChI=1S/C22H27N5O/c1-16-15-26(11-12-27(16)20-10-9-19(14-23)24-25-20)21(28)13-17-5-7-18(8-6-17)22(2,3)4/h5-10,16H,11-13,15H2,1-4H3. The molecule has 1 aromatic carbocycles. The summed E-state index contributed by atoms with van der Waals surface area (Å²) >= 11 is 0. The lowest BCUT2D eigenvalue weighted by Gasteiger charge is -2.40. The third-order valence-corrected chi connectivity index (χ3v) is 5.21. The van der Waals surface area contributed by atoms with Gasteiger partial charge in [0, 0.05) is 25.7 Å². The van der Waals surface area contributed by atoms with Gasteiger partial charge >= 0.3 is 0 Å². The van der Waals surface area contributed by atoms with E-state index in [9.17, 15) is 4.79 Å². The Morgan fingerprint density at radius 2 is 1.86 bits per heavy atom. The first-order chi connectivity index (χ1) is 13.3. The predicted molar refractivity (Wildman–Crippen MR) is 109 cm³/mol. The molecule has 6 heteroatoms. The monoisotopic (exact) mass is 377 g/mol. The summed E-state index contributed by atoms with van der Waals surface area (Å²) < 4.78 is 0. The number of rotatable bonds is 3. The number of nitriles is 1. The van der Waals surface area contributed by atoms with Crippen LogP contribution < -0.4 is 4.90 Å². The molecule has 1 amide bonds. The van der Waals surface area contributed by atoms with Crippen molar-refractivity contribution in [2.24, 2.45) is 0 Å². The Morgan fingerprint density at radius 3 is 2.39 bits per heavy atom. The van der Waals surface area contributed by atoms with Gasteiger partial charge in [0.1, 0.15) is 6.07 Å². The maximum atomic E-state index is 12.8. The summed E-state index contributed by atoms with van der Waals surface area (Å²) in [5, 5.41) is 16.9. The first kappa shape index (κ1) is 19.8. The molecule has 0 radical (unpaired) electrons. The molecule has 1 aromatic heterocycles. The molecule has 1 fully saturated rings. The quantitative estimate of drug-likeness (QED) is 0.822. The summed E-state index contributed by atoms with van der Waals surface area (Å²) in [6.45, 7) is 10.7. The smallest absolute Gasteiger partial charge is 0.227 e. The van der Waals surface area contributed by atoms with Crippen molar-refractivity contribution in [1.82, 2.24) is 15.1 Å². The van der Waals surface area contributed by atoms with Gasteiger partial charge in [-0.05, 0) is 35.6 Å². The lowest BCUT2D eigenvalue weighted by atomic mass is 9.86. The van der Waals surface area contributed by atoms with E-state index in [-0.39, 0.29) is 17.4 Å². The molecule has 0 spiro atoms. The van der Waals surface area contributed by atoms with Gasteiger partial charge in [0.15, 0.2) is 11.5 Å². The van der Waals surface area contributed by atoms with E-state index in [1.807, 2.05) is 17.0 Å². The van der Waals surface area contributed by atoms with Crippen LogP contribution in [0.15, 0.2) is 36.4 Å². The first-order valence-electron chi connectivity index (χ1n) is 9.65. The summed E-state index contributed by atoms with van der Waals surface area (Å²) in [6, 6.07) is 14.0. The van der Waals surface area contributed by atoms with Crippen molar-refractivity contribution in [1.29, 1.82) is 5.26 Å². The molecule has 0 bridgehead atoms. The Morgan fingerprint density at radius 1 is 1.14 bits per heavy atom. The number of aromatic nitrogens is 2. The number of nitrogens with zero attached hydrogens (tertiary/aromatic N) is 5. The van der Waals surface area contributed by atoms with Crippen molar-refractivity contribution in [3.05, 3.63) is 53.2 Å². The molecule has 1 aliphatic rings. The van der Waals surface area contributed by atoms with Gasteiger partial charge in [0.25, 0.3) is 0 Å². The fraction of sp³-hybridized carbons (Fsp3) is 0.455. The second-order valence-corrected chi connectivity index (χ2v) is 8.39. The van der Waals surface area contributed by atoms with Gasteiger partial charge in [-0.2, -0.15) is 5.26 Å². The minimum absolute atomic E-state index is 0.114. The Bertz CT molecular complexity index is 862. The van der Waals surface area contributed by atoms with E-state index >= 15 is 0 Å². The van der Waals surface area contributed by atoms with Crippen molar-refractivity contribution in [3.8, 4) is 6.07 Å². The number of amides is 1. The number of anilines is 1. The minimum Gasteiger partial charge on any atom is -0.349 e. The fourth-order valence-corrected chi connectivity index (χ4v) is 3.47. The highest BCUT2D eigenvalue weighted by Crippen LogP contribution is 2.23. The zero-order valence-electron chi connectivity index (χ0n) is 17.0. The van der Waals surface area contributed by atoms with E-state index in [0.717, 1.165) is 11.4 Å². The van der Waals surface area contributed by atoms with Crippen LogP contribution in [0.4, 0.5) is 5.82 Å². The van der Waals surface area contributed by atoms with Gasteiger partial charge in [0.2, 0.25) is 5.91 Å². The fourth-order valence-electron chi connectivity index (χ4n) is 3.47. The van der Waals surface area contributed by atoms with Gasteiger partial charge in [-0.15, -0.1) is 10.2 Å². The Hall–Kier alpha value is -2.94. The zero-order valence-corrected chi connectivity index (χ0v) is 17.0. The van der Waals surface area contributed by atoms with Gasteiger partial charge in [-0.3, -0.25) is 4.79 Å². The van der Waals surface area contributed by atoms with Crippen LogP contribution in [0, 0.1) is 11.3 Å². The molecule has 1 aliphatic heterocycles. The Labute approximate surface area is 166 Å². The number of benzene rings is 1. The first-order valence-corrected chi connectivity index (χ1v) is 9.65. The number of carbonyl (C=O) groups excluding carboxylic acids is 1.